The van der Waals surface area contributed by atoms with Crippen LogP contribution in [0.1, 0.15) is 32.8 Å². The summed E-state index contributed by atoms with van der Waals surface area (Å²) in [5, 5.41) is 13.0. The second kappa shape index (κ2) is 7.84. The molecule has 116 valence electrons. The summed E-state index contributed by atoms with van der Waals surface area (Å²) in [5.41, 5.74) is -0.0632. The molecular formula is C17H25NO3. The van der Waals surface area contributed by atoms with Gasteiger partial charge in [-0.2, -0.15) is 0 Å². The van der Waals surface area contributed by atoms with Crippen LogP contribution in [0.3, 0.4) is 0 Å². The van der Waals surface area contributed by atoms with Gasteiger partial charge in [-0.1, -0.05) is 38.5 Å². The first-order valence-corrected chi connectivity index (χ1v) is 7.22. The smallest absolute Gasteiger partial charge is 0.244 e. The number of benzene rings is 1. The average molecular weight is 291 g/mol. The van der Waals surface area contributed by atoms with Crippen molar-refractivity contribution in [3.63, 3.8) is 0 Å². The molecule has 0 bridgehead atoms. The first kappa shape index (κ1) is 17.2. The minimum absolute atomic E-state index is 0.121. The summed E-state index contributed by atoms with van der Waals surface area (Å²) in [7, 11) is 1.59. The molecule has 4 heteroatoms. The maximum atomic E-state index is 11.8. The van der Waals surface area contributed by atoms with Gasteiger partial charge in [0.1, 0.15) is 5.75 Å². The van der Waals surface area contributed by atoms with Crippen LogP contribution in [0.5, 0.6) is 5.75 Å². The third-order valence-electron chi connectivity index (χ3n) is 3.85. The molecule has 21 heavy (non-hydrogen) atoms. The van der Waals surface area contributed by atoms with Gasteiger partial charge in [0, 0.05) is 18.2 Å². The Kier molecular flexibility index (Phi) is 6.43. The molecule has 0 heterocycles. The van der Waals surface area contributed by atoms with Crippen molar-refractivity contribution >= 4 is 12.0 Å². The fourth-order valence-corrected chi connectivity index (χ4v) is 1.91. The van der Waals surface area contributed by atoms with Crippen molar-refractivity contribution < 1.29 is 14.6 Å². The number of para-hydroxylation sites is 1. The van der Waals surface area contributed by atoms with E-state index in [9.17, 15) is 9.90 Å². The van der Waals surface area contributed by atoms with Crippen molar-refractivity contribution in [1.29, 1.82) is 0 Å². The molecule has 2 N–H and O–H groups in total. The molecule has 4 nitrogen and oxygen atoms in total. The second-order valence-electron chi connectivity index (χ2n) is 5.46. The van der Waals surface area contributed by atoms with E-state index >= 15 is 0 Å². The van der Waals surface area contributed by atoms with Gasteiger partial charge >= 0.3 is 0 Å². The Balaban J connectivity index is 2.60. The van der Waals surface area contributed by atoms with Gasteiger partial charge in [-0.3, -0.25) is 4.79 Å². The molecule has 1 rings (SSSR count). The number of aliphatic hydroxyl groups is 1. The Morgan fingerprint density at radius 3 is 2.76 bits per heavy atom. The fourth-order valence-electron chi connectivity index (χ4n) is 1.91. The summed E-state index contributed by atoms with van der Waals surface area (Å²) in [6, 6.07) is 7.47. The minimum Gasteiger partial charge on any atom is -0.496 e. The molecule has 2 atom stereocenters. The highest BCUT2D eigenvalue weighted by Crippen LogP contribution is 2.19. The molecule has 0 spiro atoms. The lowest BCUT2D eigenvalue weighted by molar-refractivity contribution is -0.118. The maximum absolute atomic E-state index is 11.8. The molecule has 2 unspecified atom stereocenters. The summed E-state index contributed by atoms with van der Waals surface area (Å²) in [6.45, 7) is 5.96. The van der Waals surface area contributed by atoms with Crippen LogP contribution in [-0.4, -0.2) is 30.3 Å². The van der Waals surface area contributed by atoms with E-state index in [1.807, 2.05) is 38.1 Å². The van der Waals surface area contributed by atoms with E-state index in [0.29, 0.717) is 5.75 Å². The Morgan fingerprint density at radius 2 is 2.14 bits per heavy atom. The lowest BCUT2D eigenvalue weighted by Crippen LogP contribution is -2.44. The molecule has 0 aliphatic carbocycles. The van der Waals surface area contributed by atoms with Crippen LogP contribution in [0.25, 0.3) is 6.08 Å². The Labute approximate surface area is 126 Å². The molecule has 1 amide bonds. The molecule has 0 saturated carbocycles. The average Bonchev–Trinajstić information content (AvgIpc) is 2.50. The Hall–Kier alpha value is -1.81. The van der Waals surface area contributed by atoms with Crippen LogP contribution in [0.15, 0.2) is 30.3 Å². The molecular weight excluding hydrogens is 266 g/mol. The largest absolute Gasteiger partial charge is 0.496 e. The molecule has 0 radical (unpaired) electrons. The summed E-state index contributed by atoms with van der Waals surface area (Å²) < 4.78 is 5.21. The minimum atomic E-state index is -0.900. The van der Waals surface area contributed by atoms with Crippen LogP contribution < -0.4 is 10.1 Å². The summed E-state index contributed by atoms with van der Waals surface area (Å²) in [5.74, 6) is 0.605. The lowest BCUT2D eigenvalue weighted by Gasteiger charge is -2.29. The van der Waals surface area contributed by atoms with E-state index in [1.165, 1.54) is 6.08 Å². The third kappa shape index (κ3) is 5.23. The van der Waals surface area contributed by atoms with E-state index in [0.717, 1.165) is 12.0 Å². The Bertz CT molecular complexity index is 495. The van der Waals surface area contributed by atoms with Crippen molar-refractivity contribution in [1.82, 2.24) is 5.32 Å². The maximum Gasteiger partial charge on any atom is 0.244 e. The number of carbonyl (C=O) groups excluding carboxylic acids is 1. The number of hydrogen-bond acceptors (Lipinski definition) is 3. The number of rotatable bonds is 7. The van der Waals surface area contributed by atoms with E-state index in [4.69, 9.17) is 4.74 Å². The monoisotopic (exact) mass is 291 g/mol. The van der Waals surface area contributed by atoms with E-state index < -0.39 is 5.60 Å². The zero-order valence-corrected chi connectivity index (χ0v) is 13.2. The van der Waals surface area contributed by atoms with Crippen LogP contribution in [-0.2, 0) is 4.79 Å². The van der Waals surface area contributed by atoms with Crippen LogP contribution >= 0.6 is 0 Å². The highest BCUT2D eigenvalue weighted by molar-refractivity contribution is 5.92. The molecule has 0 aliphatic rings. The number of nitrogens with one attached hydrogen (secondary N) is 1. The number of ether oxygens (including phenoxy) is 1. The second-order valence-corrected chi connectivity index (χ2v) is 5.46. The van der Waals surface area contributed by atoms with Gasteiger partial charge < -0.3 is 15.2 Å². The van der Waals surface area contributed by atoms with Crippen molar-refractivity contribution in [3.05, 3.63) is 35.9 Å². The molecule has 0 aromatic heterocycles. The number of hydrogen-bond donors (Lipinski definition) is 2. The number of carbonyl (C=O) groups is 1. The highest BCUT2D eigenvalue weighted by atomic mass is 16.5. The molecule has 0 aliphatic heterocycles. The lowest BCUT2D eigenvalue weighted by atomic mass is 9.89. The van der Waals surface area contributed by atoms with Gasteiger partial charge in [0.15, 0.2) is 0 Å². The van der Waals surface area contributed by atoms with E-state index in [1.54, 1.807) is 20.1 Å². The van der Waals surface area contributed by atoms with Gasteiger partial charge in [0.25, 0.3) is 0 Å². The van der Waals surface area contributed by atoms with Gasteiger partial charge in [-0.05, 0) is 25.0 Å². The van der Waals surface area contributed by atoms with Gasteiger partial charge in [0.05, 0.1) is 12.7 Å². The standard InChI is InChI=1S/C17H25NO3/c1-5-13(2)17(3,20)12-18-16(19)11-10-14-8-6-7-9-15(14)21-4/h6-11,13,20H,5,12H2,1-4H3,(H,18,19). The van der Waals surface area contributed by atoms with Gasteiger partial charge in [-0.25, -0.2) is 0 Å². The third-order valence-corrected chi connectivity index (χ3v) is 3.85. The highest BCUT2D eigenvalue weighted by Gasteiger charge is 2.26. The normalized spacial score (nSPS) is 15.5. The van der Waals surface area contributed by atoms with Crippen LogP contribution in [0.2, 0.25) is 0 Å². The number of amides is 1. The van der Waals surface area contributed by atoms with E-state index in [2.05, 4.69) is 5.32 Å². The van der Waals surface area contributed by atoms with Crippen LogP contribution in [0, 0.1) is 5.92 Å². The molecule has 0 saturated heterocycles. The van der Waals surface area contributed by atoms with Gasteiger partial charge in [0.2, 0.25) is 5.91 Å². The predicted octanol–water partition coefficient (Wildman–Crippen LogP) is 2.62. The predicted molar refractivity (Wildman–Crippen MR) is 85.1 cm³/mol. The summed E-state index contributed by atoms with van der Waals surface area (Å²) >= 11 is 0. The number of methoxy groups -OCH3 is 1. The van der Waals surface area contributed by atoms with E-state index in [-0.39, 0.29) is 18.4 Å². The quantitative estimate of drug-likeness (QED) is 0.759. The summed E-state index contributed by atoms with van der Waals surface area (Å²) in [4.78, 5) is 11.8. The van der Waals surface area contributed by atoms with Crippen molar-refractivity contribution in [3.8, 4) is 5.75 Å². The zero-order valence-electron chi connectivity index (χ0n) is 13.2. The first-order chi connectivity index (χ1) is 9.90. The molecule has 1 aromatic rings. The van der Waals surface area contributed by atoms with Crippen molar-refractivity contribution in [2.45, 2.75) is 32.8 Å². The topological polar surface area (TPSA) is 58.6 Å². The zero-order chi connectivity index (χ0) is 15.9. The summed E-state index contributed by atoms with van der Waals surface area (Å²) in [6.07, 6.45) is 4.01. The van der Waals surface area contributed by atoms with Crippen molar-refractivity contribution in [2.75, 3.05) is 13.7 Å². The molecule has 1 aromatic carbocycles. The fraction of sp³-hybridized carbons (Fsp3) is 0.471. The SMILES string of the molecule is CCC(C)C(C)(O)CNC(=O)C=Cc1ccccc1OC. The molecule has 0 fully saturated rings. The van der Waals surface area contributed by atoms with Crippen LogP contribution in [0.4, 0.5) is 0 Å². The van der Waals surface area contributed by atoms with Gasteiger partial charge in [-0.15, -0.1) is 0 Å². The van der Waals surface area contributed by atoms with Crippen molar-refractivity contribution in [2.24, 2.45) is 5.92 Å². The first-order valence-electron chi connectivity index (χ1n) is 7.22. The Morgan fingerprint density at radius 1 is 1.48 bits per heavy atom.